The van der Waals surface area contributed by atoms with Crippen LogP contribution in [0.2, 0.25) is 0 Å². The molecule has 130 valence electrons. The first-order chi connectivity index (χ1) is 11.2. The van der Waals surface area contributed by atoms with Gasteiger partial charge in [-0.15, -0.1) is 0 Å². The topological polar surface area (TPSA) is 52.1 Å². The highest BCUT2D eigenvalue weighted by Gasteiger charge is 2.54. The number of H-pyrrole nitrogens is 1. The first kappa shape index (κ1) is 16.5. The molecule has 8 heteroatoms. The Hall–Kier alpha value is -0.985. The average molecular weight is 351 g/mol. The van der Waals surface area contributed by atoms with E-state index in [4.69, 9.17) is 21.5 Å². The van der Waals surface area contributed by atoms with E-state index in [-0.39, 0.29) is 11.6 Å². The Kier molecular flexibility index (Phi) is 3.61. The fraction of sp³-hybridized carbons (Fsp3) is 0.750. The van der Waals surface area contributed by atoms with Crippen LogP contribution in [0, 0.1) is 4.77 Å². The molecule has 2 aliphatic carbocycles. The van der Waals surface area contributed by atoms with Crippen molar-refractivity contribution in [3.63, 3.8) is 0 Å². The number of aromatic amines is 1. The number of nitrogens with one attached hydrogen (secondary N) is 1. The molecule has 4 rings (SSSR count). The molecule has 5 nitrogen and oxygen atoms in total. The number of nitrogens with zero attached hydrogens (tertiary/aromatic N) is 2. The molecule has 1 aliphatic heterocycles. The van der Waals surface area contributed by atoms with Gasteiger partial charge in [-0.25, -0.2) is 4.39 Å². The molecule has 24 heavy (non-hydrogen) atoms. The lowest BCUT2D eigenvalue weighted by Gasteiger charge is -2.32. The van der Waals surface area contributed by atoms with Crippen LogP contribution >= 0.6 is 12.2 Å². The number of allylic oxidation sites excluding steroid dienone is 1. The number of hydrogen-bond acceptors (Lipinski definition) is 4. The largest absolute Gasteiger partial charge is 0.525 e. The van der Waals surface area contributed by atoms with E-state index in [0.29, 0.717) is 23.7 Å². The summed E-state index contributed by atoms with van der Waals surface area (Å²) in [5.74, 6) is 1.19. The summed E-state index contributed by atoms with van der Waals surface area (Å²) in [5.41, 5.74) is -0.535. The minimum Gasteiger partial charge on any atom is -0.398 e. The predicted octanol–water partition coefficient (Wildman–Crippen LogP) is 4.01. The molecule has 0 atom stereocenters. The number of rotatable bonds is 3. The molecule has 0 aromatic carbocycles. The molecule has 3 aliphatic rings. The summed E-state index contributed by atoms with van der Waals surface area (Å²) in [5, 5.41) is 7.26. The molecule has 3 fully saturated rings. The zero-order valence-corrected chi connectivity index (χ0v) is 15.4. The second-order valence-corrected chi connectivity index (χ2v) is 8.52. The molecule has 0 bridgehead atoms. The third kappa shape index (κ3) is 2.50. The second kappa shape index (κ2) is 5.25. The summed E-state index contributed by atoms with van der Waals surface area (Å²) in [6.07, 6.45) is 3.61. The number of aromatic nitrogens is 3. The Morgan fingerprint density at radius 2 is 1.83 bits per heavy atom. The molecule has 0 radical (unpaired) electrons. The highest BCUT2D eigenvalue weighted by atomic mass is 32.1. The van der Waals surface area contributed by atoms with Crippen LogP contribution in [0.15, 0.2) is 11.3 Å². The fourth-order valence-electron chi connectivity index (χ4n) is 3.32. The van der Waals surface area contributed by atoms with Crippen molar-refractivity contribution in [2.24, 2.45) is 0 Å². The van der Waals surface area contributed by atoms with Crippen LogP contribution in [0.4, 0.5) is 4.39 Å². The maximum Gasteiger partial charge on any atom is 0.525 e. The molecular weight excluding hydrogens is 328 g/mol. The van der Waals surface area contributed by atoms with E-state index in [0.717, 1.165) is 24.2 Å². The SMILES string of the molecule is CC1(C)OB(C(F)=C2CC(c3n[nH]c(=S)n3C3CC3)C2)OC1(C)C. The minimum absolute atomic E-state index is 0.224. The van der Waals surface area contributed by atoms with Gasteiger partial charge in [0.2, 0.25) is 0 Å². The van der Waals surface area contributed by atoms with Gasteiger partial charge in [-0.2, -0.15) is 5.10 Å². The van der Waals surface area contributed by atoms with E-state index in [1.807, 2.05) is 27.7 Å². The molecule has 0 spiro atoms. The second-order valence-electron chi connectivity index (χ2n) is 8.13. The summed E-state index contributed by atoms with van der Waals surface area (Å²) in [6.45, 7) is 7.73. The first-order valence-corrected chi connectivity index (χ1v) is 9.00. The van der Waals surface area contributed by atoms with Crippen molar-refractivity contribution >= 4 is 19.3 Å². The predicted molar refractivity (Wildman–Crippen MR) is 91.9 cm³/mol. The van der Waals surface area contributed by atoms with E-state index >= 15 is 0 Å². The van der Waals surface area contributed by atoms with Crippen LogP contribution in [0.25, 0.3) is 0 Å². The van der Waals surface area contributed by atoms with Gasteiger partial charge >= 0.3 is 7.12 Å². The molecule has 1 aromatic rings. The third-order valence-electron chi connectivity index (χ3n) is 5.79. The van der Waals surface area contributed by atoms with Gasteiger partial charge in [-0.05, 0) is 71.2 Å². The zero-order valence-electron chi connectivity index (χ0n) is 14.6. The number of halogens is 1. The summed E-state index contributed by atoms with van der Waals surface area (Å²) >= 11 is 5.32. The van der Waals surface area contributed by atoms with Crippen molar-refractivity contribution in [1.82, 2.24) is 14.8 Å². The Labute approximate surface area is 146 Å². The number of hydrogen-bond donors (Lipinski definition) is 1. The quantitative estimate of drug-likeness (QED) is 0.660. The van der Waals surface area contributed by atoms with Crippen LogP contribution in [0.3, 0.4) is 0 Å². The van der Waals surface area contributed by atoms with Gasteiger partial charge in [-0.3, -0.25) is 5.10 Å². The van der Waals surface area contributed by atoms with Gasteiger partial charge in [-0.1, -0.05) is 0 Å². The summed E-state index contributed by atoms with van der Waals surface area (Å²) in [7, 11) is -0.893. The third-order valence-corrected chi connectivity index (χ3v) is 6.08. The summed E-state index contributed by atoms with van der Waals surface area (Å²) in [6, 6.07) is 0.479. The van der Waals surface area contributed by atoms with Gasteiger partial charge in [0.25, 0.3) is 0 Å². The molecule has 0 amide bonds. The molecular formula is C16H23BFN3O2S. The van der Waals surface area contributed by atoms with Crippen molar-refractivity contribution in [2.75, 3.05) is 0 Å². The Morgan fingerprint density at radius 1 is 1.25 bits per heavy atom. The highest BCUT2D eigenvalue weighted by Crippen LogP contribution is 2.47. The van der Waals surface area contributed by atoms with Crippen LogP contribution in [0.5, 0.6) is 0 Å². The van der Waals surface area contributed by atoms with Gasteiger partial charge < -0.3 is 13.9 Å². The molecule has 2 heterocycles. The molecule has 1 aromatic heterocycles. The zero-order chi connectivity index (χ0) is 17.3. The van der Waals surface area contributed by atoms with E-state index in [9.17, 15) is 4.39 Å². The molecule has 0 unspecified atom stereocenters. The van der Waals surface area contributed by atoms with Crippen LogP contribution in [0.1, 0.15) is 71.2 Å². The normalized spacial score (nSPS) is 28.1. The summed E-state index contributed by atoms with van der Waals surface area (Å²) in [4.78, 5) is 0. The van der Waals surface area contributed by atoms with E-state index in [1.165, 1.54) is 0 Å². The lowest BCUT2D eigenvalue weighted by Crippen LogP contribution is -2.41. The van der Waals surface area contributed by atoms with Crippen molar-refractivity contribution in [1.29, 1.82) is 0 Å². The first-order valence-electron chi connectivity index (χ1n) is 8.59. The maximum atomic E-state index is 14.8. The Bertz CT molecular complexity index is 742. The standard InChI is InChI=1S/C16H23BFN3O2S/c1-15(2)16(3,4)23-17(22-15)12(18)9-7-10(8-9)13-19-20-14(24)21(13)11-5-6-11/h10-11H,5-8H2,1-4H3,(H,20,24). The highest BCUT2D eigenvalue weighted by molar-refractivity contribution is 7.71. The molecule has 2 saturated carbocycles. The van der Waals surface area contributed by atoms with Crippen molar-refractivity contribution in [2.45, 2.75) is 76.5 Å². The van der Waals surface area contributed by atoms with Gasteiger partial charge in [0.05, 0.1) is 11.2 Å². The van der Waals surface area contributed by atoms with Gasteiger partial charge in [0.15, 0.2) is 4.77 Å². The van der Waals surface area contributed by atoms with Crippen molar-refractivity contribution < 1.29 is 13.7 Å². The summed E-state index contributed by atoms with van der Waals surface area (Å²) < 4.78 is 29.2. The Morgan fingerprint density at radius 3 is 2.38 bits per heavy atom. The Balaban J connectivity index is 1.49. The van der Waals surface area contributed by atoms with Crippen LogP contribution in [-0.4, -0.2) is 33.1 Å². The van der Waals surface area contributed by atoms with Crippen molar-refractivity contribution in [3.8, 4) is 0 Å². The minimum atomic E-state index is -0.893. The fourth-order valence-corrected chi connectivity index (χ4v) is 3.60. The average Bonchev–Trinajstić information content (AvgIpc) is 3.15. The molecule has 1 saturated heterocycles. The maximum absolute atomic E-state index is 14.8. The molecule has 1 N–H and O–H groups in total. The van der Waals surface area contributed by atoms with Crippen molar-refractivity contribution in [3.05, 3.63) is 21.9 Å². The lowest BCUT2D eigenvalue weighted by molar-refractivity contribution is 0.00578. The van der Waals surface area contributed by atoms with Crippen LogP contribution < -0.4 is 0 Å². The van der Waals surface area contributed by atoms with E-state index < -0.39 is 18.3 Å². The van der Waals surface area contributed by atoms with Gasteiger partial charge in [0.1, 0.15) is 11.6 Å². The van der Waals surface area contributed by atoms with E-state index in [1.54, 1.807) is 0 Å². The van der Waals surface area contributed by atoms with Crippen LogP contribution in [-0.2, 0) is 9.31 Å². The lowest BCUT2D eigenvalue weighted by atomic mass is 9.72. The smallest absolute Gasteiger partial charge is 0.398 e. The van der Waals surface area contributed by atoms with Gasteiger partial charge in [0, 0.05) is 12.0 Å². The monoisotopic (exact) mass is 351 g/mol. The van der Waals surface area contributed by atoms with E-state index in [2.05, 4.69) is 14.8 Å².